The second-order valence-corrected chi connectivity index (χ2v) is 4.31. The Hall–Kier alpha value is -1.10. The summed E-state index contributed by atoms with van der Waals surface area (Å²) in [5.41, 5.74) is 9.41. The summed E-state index contributed by atoms with van der Waals surface area (Å²) >= 11 is 0. The molecular weight excluding hydrogens is 228 g/mol. The van der Waals surface area contributed by atoms with Gasteiger partial charge in [-0.25, -0.2) is 0 Å². The fourth-order valence-electron chi connectivity index (χ4n) is 1.94. The highest BCUT2D eigenvalue weighted by molar-refractivity contribution is 5.55. The third-order valence-electron chi connectivity index (χ3n) is 2.93. The number of hydrogen-bond donors (Lipinski definition) is 1. The van der Waals surface area contributed by atoms with Crippen molar-refractivity contribution in [1.29, 1.82) is 0 Å². The molecule has 0 heterocycles. The van der Waals surface area contributed by atoms with Crippen LogP contribution in [0.5, 0.6) is 0 Å². The number of methoxy groups -OCH3 is 2. The summed E-state index contributed by atoms with van der Waals surface area (Å²) in [6.07, 6.45) is 0. The van der Waals surface area contributed by atoms with Gasteiger partial charge in [0.2, 0.25) is 0 Å². The molecule has 18 heavy (non-hydrogen) atoms. The topological polar surface area (TPSA) is 47.7 Å². The van der Waals surface area contributed by atoms with Gasteiger partial charge in [0.1, 0.15) is 0 Å². The van der Waals surface area contributed by atoms with Crippen molar-refractivity contribution in [3.05, 3.63) is 29.3 Å². The molecule has 0 saturated heterocycles. The van der Waals surface area contributed by atoms with Gasteiger partial charge in [-0.15, -0.1) is 0 Å². The van der Waals surface area contributed by atoms with Gasteiger partial charge in [-0.05, 0) is 18.6 Å². The van der Waals surface area contributed by atoms with Gasteiger partial charge in [-0.3, -0.25) is 0 Å². The number of ether oxygens (including phenoxy) is 2. The maximum absolute atomic E-state index is 5.83. The Morgan fingerprint density at radius 3 is 2.22 bits per heavy atom. The molecule has 0 radical (unpaired) electrons. The molecule has 0 aliphatic heterocycles. The lowest BCUT2D eigenvalue weighted by atomic mass is 10.1. The van der Waals surface area contributed by atoms with Crippen LogP contribution in [-0.4, -0.2) is 40.5 Å². The number of hydrogen-bond acceptors (Lipinski definition) is 4. The number of benzene rings is 1. The van der Waals surface area contributed by atoms with Crippen molar-refractivity contribution >= 4 is 5.69 Å². The molecule has 0 bridgehead atoms. The number of nitrogens with two attached hydrogens (primary N) is 1. The Bertz CT molecular complexity index is 348. The maximum atomic E-state index is 5.83. The van der Waals surface area contributed by atoms with E-state index in [2.05, 4.69) is 30.0 Å². The van der Waals surface area contributed by atoms with Crippen LogP contribution < -0.4 is 10.6 Å². The molecule has 102 valence electrons. The van der Waals surface area contributed by atoms with Crippen LogP contribution in [0.25, 0.3) is 0 Å². The first-order valence-corrected chi connectivity index (χ1v) is 6.25. The number of rotatable bonds is 8. The molecule has 1 rings (SSSR count). The van der Waals surface area contributed by atoms with E-state index in [9.17, 15) is 0 Å². The van der Waals surface area contributed by atoms with Gasteiger partial charge in [0.15, 0.2) is 0 Å². The summed E-state index contributed by atoms with van der Waals surface area (Å²) in [6.45, 7) is 5.71. The molecule has 0 aliphatic rings. The van der Waals surface area contributed by atoms with E-state index >= 15 is 0 Å². The van der Waals surface area contributed by atoms with E-state index in [1.54, 1.807) is 14.2 Å². The lowest BCUT2D eigenvalue weighted by molar-refractivity contribution is 0.190. The maximum Gasteiger partial charge on any atom is 0.0637 e. The predicted octanol–water partition coefficient (Wildman–Crippen LogP) is 1.55. The van der Waals surface area contributed by atoms with E-state index in [0.717, 1.165) is 13.1 Å². The van der Waals surface area contributed by atoms with Crippen LogP contribution in [0, 0.1) is 6.92 Å². The predicted molar refractivity (Wildman–Crippen MR) is 75.0 cm³/mol. The van der Waals surface area contributed by atoms with Gasteiger partial charge >= 0.3 is 0 Å². The van der Waals surface area contributed by atoms with Crippen LogP contribution >= 0.6 is 0 Å². The van der Waals surface area contributed by atoms with E-state index in [0.29, 0.717) is 19.8 Å². The summed E-state index contributed by atoms with van der Waals surface area (Å²) < 4.78 is 10.3. The highest BCUT2D eigenvalue weighted by atomic mass is 16.5. The number of nitrogens with zero attached hydrogens (tertiary/aromatic N) is 1. The normalized spacial score (nSPS) is 10.7. The second-order valence-electron chi connectivity index (χ2n) is 4.31. The van der Waals surface area contributed by atoms with Crippen LogP contribution in [-0.2, 0) is 16.0 Å². The van der Waals surface area contributed by atoms with Crippen LogP contribution in [0.4, 0.5) is 5.69 Å². The van der Waals surface area contributed by atoms with Crippen LogP contribution in [0.2, 0.25) is 0 Å². The highest BCUT2D eigenvalue weighted by Crippen LogP contribution is 2.21. The SMILES string of the molecule is COCCN(CCOC)c1ccc(C)cc1CN. The van der Waals surface area contributed by atoms with E-state index in [1.165, 1.54) is 16.8 Å². The van der Waals surface area contributed by atoms with Crippen LogP contribution in [0.3, 0.4) is 0 Å². The number of aryl methyl sites for hydroxylation is 1. The second kappa shape index (κ2) is 8.08. The molecule has 0 aliphatic carbocycles. The molecule has 4 heteroatoms. The lowest BCUT2D eigenvalue weighted by Gasteiger charge is -2.26. The van der Waals surface area contributed by atoms with Gasteiger partial charge in [0.25, 0.3) is 0 Å². The molecule has 0 saturated carbocycles. The third kappa shape index (κ3) is 4.29. The minimum Gasteiger partial charge on any atom is -0.383 e. The fourth-order valence-corrected chi connectivity index (χ4v) is 1.94. The van der Waals surface area contributed by atoms with E-state index in [-0.39, 0.29) is 0 Å². The molecule has 0 amide bonds. The van der Waals surface area contributed by atoms with Crippen LogP contribution in [0.1, 0.15) is 11.1 Å². The van der Waals surface area contributed by atoms with Gasteiger partial charge < -0.3 is 20.1 Å². The minimum atomic E-state index is 0.549. The molecular formula is C14H24N2O2. The fraction of sp³-hybridized carbons (Fsp3) is 0.571. The van der Waals surface area contributed by atoms with Crippen molar-refractivity contribution in [1.82, 2.24) is 0 Å². The molecule has 2 N–H and O–H groups in total. The standard InChI is InChI=1S/C14H24N2O2/c1-12-4-5-14(13(10-12)11-15)16(6-8-17-2)7-9-18-3/h4-5,10H,6-9,11,15H2,1-3H3. The molecule has 0 spiro atoms. The molecule has 1 aromatic carbocycles. The average molecular weight is 252 g/mol. The molecule has 4 nitrogen and oxygen atoms in total. The average Bonchev–Trinajstić information content (AvgIpc) is 2.39. The van der Waals surface area contributed by atoms with Gasteiger partial charge in [-0.1, -0.05) is 17.7 Å². The van der Waals surface area contributed by atoms with E-state index < -0.39 is 0 Å². The summed E-state index contributed by atoms with van der Waals surface area (Å²) in [5, 5.41) is 0. The Kier molecular flexibility index (Phi) is 6.72. The summed E-state index contributed by atoms with van der Waals surface area (Å²) in [6, 6.07) is 6.38. The minimum absolute atomic E-state index is 0.549. The summed E-state index contributed by atoms with van der Waals surface area (Å²) in [7, 11) is 3.43. The first kappa shape index (κ1) is 15.0. The van der Waals surface area contributed by atoms with Gasteiger partial charge in [0.05, 0.1) is 13.2 Å². The monoisotopic (exact) mass is 252 g/mol. The Morgan fingerprint density at radius 2 is 1.72 bits per heavy atom. The largest absolute Gasteiger partial charge is 0.383 e. The van der Waals surface area contributed by atoms with E-state index in [4.69, 9.17) is 15.2 Å². The smallest absolute Gasteiger partial charge is 0.0637 e. The molecule has 0 unspecified atom stereocenters. The van der Waals surface area contributed by atoms with Gasteiger partial charge in [-0.2, -0.15) is 0 Å². The van der Waals surface area contributed by atoms with Gasteiger partial charge in [0, 0.05) is 39.5 Å². The van der Waals surface area contributed by atoms with E-state index in [1.807, 2.05) is 0 Å². The molecule has 0 aromatic heterocycles. The van der Waals surface area contributed by atoms with Crippen molar-refractivity contribution in [3.63, 3.8) is 0 Å². The van der Waals surface area contributed by atoms with Crippen molar-refractivity contribution in [2.45, 2.75) is 13.5 Å². The Labute approximate surface area is 110 Å². The van der Waals surface area contributed by atoms with Crippen molar-refractivity contribution in [2.75, 3.05) is 45.4 Å². The summed E-state index contributed by atoms with van der Waals surface area (Å²) in [5.74, 6) is 0. The van der Waals surface area contributed by atoms with Crippen molar-refractivity contribution < 1.29 is 9.47 Å². The first-order chi connectivity index (χ1) is 8.72. The zero-order valence-corrected chi connectivity index (χ0v) is 11.6. The summed E-state index contributed by atoms with van der Waals surface area (Å²) in [4.78, 5) is 2.26. The first-order valence-electron chi connectivity index (χ1n) is 6.25. The lowest BCUT2D eigenvalue weighted by Crippen LogP contribution is -2.31. The third-order valence-corrected chi connectivity index (χ3v) is 2.93. The molecule has 1 aromatic rings. The zero-order valence-electron chi connectivity index (χ0n) is 11.6. The molecule has 0 atom stereocenters. The van der Waals surface area contributed by atoms with Crippen LogP contribution in [0.15, 0.2) is 18.2 Å². The highest BCUT2D eigenvalue weighted by Gasteiger charge is 2.10. The zero-order chi connectivity index (χ0) is 13.4. The molecule has 0 fully saturated rings. The van der Waals surface area contributed by atoms with Crippen molar-refractivity contribution in [3.8, 4) is 0 Å². The Balaban J connectivity index is 2.88. The number of anilines is 1. The quantitative estimate of drug-likeness (QED) is 0.762. The van der Waals surface area contributed by atoms with Crippen molar-refractivity contribution in [2.24, 2.45) is 5.73 Å². The Morgan fingerprint density at radius 1 is 1.11 bits per heavy atom.